The Bertz CT molecular complexity index is 487. The van der Waals surface area contributed by atoms with Crippen LogP contribution >= 0.6 is 11.8 Å². The summed E-state index contributed by atoms with van der Waals surface area (Å²) >= 11 is 1.63. The van der Waals surface area contributed by atoms with Crippen molar-refractivity contribution in [2.24, 2.45) is 0 Å². The van der Waals surface area contributed by atoms with Gasteiger partial charge >= 0.3 is 0 Å². The topological polar surface area (TPSA) is 86.9 Å². The first kappa shape index (κ1) is 17.5. The first-order valence-electron chi connectivity index (χ1n) is 6.79. The molecule has 0 aliphatic carbocycles. The van der Waals surface area contributed by atoms with Crippen LogP contribution in [0.1, 0.15) is 32.3 Å². The molecule has 0 amide bonds. The number of thioether (sulfide) groups is 1. The fraction of sp³-hybridized carbons (Fsp3) is 0.750. The van der Waals surface area contributed by atoms with E-state index in [1.54, 1.807) is 18.0 Å². The number of nitrogens with one attached hydrogen (secondary N) is 3. The number of H-pyrrole nitrogens is 1. The van der Waals surface area contributed by atoms with Gasteiger partial charge in [-0.15, -0.1) is 0 Å². The van der Waals surface area contributed by atoms with Crippen LogP contribution in [-0.4, -0.2) is 43.2 Å². The highest BCUT2D eigenvalue weighted by atomic mass is 32.2. The molecule has 1 rings (SSSR count). The smallest absolute Gasteiger partial charge is 0.258 e. The Labute approximate surface area is 125 Å². The second-order valence-corrected chi connectivity index (χ2v) is 7.14. The van der Waals surface area contributed by atoms with Gasteiger partial charge in [-0.3, -0.25) is 5.10 Å². The average Bonchev–Trinajstić information content (AvgIpc) is 2.87. The summed E-state index contributed by atoms with van der Waals surface area (Å²) in [4.78, 5) is 0. The van der Waals surface area contributed by atoms with Crippen molar-refractivity contribution in [1.29, 1.82) is 0 Å². The monoisotopic (exact) mass is 320 g/mol. The van der Waals surface area contributed by atoms with Crippen molar-refractivity contribution in [3.05, 3.63) is 11.8 Å². The second kappa shape index (κ2) is 8.66. The standard InChI is InChI=1S/C12H24N4O2S2/c1-4-6-13-7-10-8-14-15-12(10)20(17,18)16-11(5-2)9-19-3/h8,11,13,16H,4-7,9H2,1-3H3,(H,14,15). The summed E-state index contributed by atoms with van der Waals surface area (Å²) in [6.07, 6.45) is 5.29. The average molecular weight is 320 g/mol. The van der Waals surface area contributed by atoms with Crippen molar-refractivity contribution in [2.45, 2.75) is 44.3 Å². The van der Waals surface area contributed by atoms with E-state index >= 15 is 0 Å². The molecule has 0 aliphatic heterocycles. The number of rotatable bonds is 10. The third kappa shape index (κ3) is 5.08. The molecule has 8 heteroatoms. The number of sulfonamides is 1. The SMILES string of the molecule is CCCNCc1cn[nH]c1S(=O)(=O)NC(CC)CSC. The maximum Gasteiger partial charge on any atom is 0.258 e. The van der Waals surface area contributed by atoms with Crippen LogP contribution in [-0.2, 0) is 16.6 Å². The van der Waals surface area contributed by atoms with Gasteiger partial charge in [-0.1, -0.05) is 13.8 Å². The Morgan fingerprint density at radius 1 is 1.45 bits per heavy atom. The van der Waals surface area contributed by atoms with E-state index in [9.17, 15) is 8.42 Å². The fourth-order valence-corrected chi connectivity index (χ4v) is 4.05. The van der Waals surface area contributed by atoms with E-state index in [4.69, 9.17) is 0 Å². The molecule has 0 aliphatic rings. The Hall–Kier alpha value is -0.570. The Morgan fingerprint density at radius 2 is 2.20 bits per heavy atom. The summed E-state index contributed by atoms with van der Waals surface area (Å²) in [7, 11) is -3.54. The minimum atomic E-state index is -3.54. The predicted octanol–water partition coefficient (Wildman–Crippen LogP) is 1.33. The lowest BCUT2D eigenvalue weighted by Gasteiger charge is -2.15. The third-order valence-electron chi connectivity index (χ3n) is 2.87. The minimum Gasteiger partial charge on any atom is -0.313 e. The summed E-state index contributed by atoms with van der Waals surface area (Å²) < 4.78 is 27.5. The Kier molecular flexibility index (Phi) is 7.57. The number of aromatic amines is 1. The van der Waals surface area contributed by atoms with Gasteiger partial charge < -0.3 is 5.32 Å². The van der Waals surface area contributed by atoms with Crippen LogP contribution in [0.4, 0.5) is 0 Å². The van der Waals surface area contributed by atoms with Crippen molar-refractivity contribution < 1.29 is 8.42 Å². The Balaban J connectivity index is 2.79. The highest BCUT2D eigenvalue weighted by molar-refractivity contribution is 7.98. The summed E-state index contributed by atoms with van der Waals surface area (Å²) in [6.45, 7) is 5.39. The van der Waals surface area contributed by atoms with Gasteiger partial charge in [0.05, 0.1) is 6.20 Å². The normalized spacial score (nSPS) is 13.6. The zero-order valence-electron chi connectivity index (χ0n) is 12.3. The largest absolute Gasteiger partial charge is 0.313 e. The summed E-state index contributed by atoms with van der Waals surface area (Å²) in [5.74, 6) is 0.757. The molecule has 116 valence electrons. The van der Waals surface area contributed by atoms with Crippen LogP contribution in [0.3, 0.4) is 0 Å². The third-order valence-corrected chi connectivity index (χ3v) is 5.14. The predicted molar refractivity (Wildman–Crippen MR) is 83.4 cm³/mol. The van der Waals surface area contributed by atoms with Crippen molar-refractivity contribution in [3.8, 4) is 0 Å². The quantitative estimate of drug-likeness (QED) is 0.566. The Morgan fingerprint density at radius 3 is 2.80 bits per heavy atom. The lowest BCUT2D eigenvalue weighted by Crippen LogP contribution is -2.36. The molecule has 0 fully saturated rings. The van der Waals surface area contributed by atoms with Crippen LogP contribution in [0, 0.1) is 0 Å². The minimum absolute atomic E-state index is 0.0604. The summed E-state index contributed by atoms with van der Waals surface area (Å²) in [5, 5.41) is 9.81. The molecule has 0 saturated carbocycles. The van der Waals surface area contributed by atoms with Crippen molar-refractivity contribution in [1.82, 2.24) is 20.2 Å². The van der Waals surface area contributed by atoms with Gasteiger partial charge in [0.15, 0.2) is 5.03 Å². The molecular formula is C12H24N4O2S2. The number of hydrogen-bond donors (Lipinski definition) is 3. The van der Waals surface area contributed by atoms with Crippen LogP contribution in [0.5, 0.6) is 0 Å². The van der Waals surface area contributed by atoms with E-state index in [1.807, 2.05) is 13.2 Å². The van der Waals surface area contributed by atoms with Gasteiger partial charge in [0.1, 0.15) is 0 Å². The zero-order valence-corrected chi connectivity index (χ0v) is 13.9. The highest BCUT2D eigenvalue weighted by Crippen LogP contribution is 2.13. The van der Waals surface area contributed by atoms with Crippen LogP contribution in [0.2, 0.25) is 0 Å². The second-order valence-electron chi connectivity index (χ2n) is 4.58. The van der Waals surface area contributed by atoms with E-state index < -0.39 is 10.0 Å². The first-order valence-corrected chi connectivity index (χ1v) is 9.67. The molecule has 1 aromatic rings. The molecule has 20 heavy (non-hydrogen) atoms. The molecular weight excluding hydrogens is 296 g/mol. The van der Waals surface area contributed by atoms with Gasteiger partial charge in [-0.25, -0.2) is 13.1 Å². The summed E-state index contributed by atoms with van der Waals surface area (Å²) in [6, 6.07) is -0.0604. The molecule has 0 bridgehead atoms. The van der Waals surface area contributed by atoms with E-state index in [-0.39, 0.29) is 11.1 Å². The molecule has 0 spiro atoms. The lowest BCUT2D eigenvalue weighted by atomic mass is 10.3. The molecule has 0 aromatic carbocycles. The number of hydrogen-bond acceptors (Lipinski definition) is 5. The van der Waals surface area contributed by atoms with Crippen LogP contribution in [0.15, 0.2) is 11.2 Å². The maximum absolute atomic E-state index is 12.4. The molecule has 6 nitrogen and oxygen atoms in total. The molecule has 1 atom stereocenters. The van der Waals surface area contributed by atoms with Gasteiger partial charge in [-0.05, 0) is 25.6 Å². The van der Waals surface area contributed by atoms with Crippen molar-refractivity contribution in [3.63, 3.8) is 0 Å². The number of aromatic nitrogens is 2. The summed E-state index contributed by atoms with van der Waals surface area (Å²) in [5.41, 5.74) is 0.671. The van der Waals surface area contributed by atoms with Gasteiger partial charge in [0.2, 0.25) is 0 Å². The molecule has 1 aromatic heterocycles. The number of nitrogens with zero attached hydrogens (tertiary/aromatic N) is 1. The molecule has 0 radical (unpaired) electrons. The van der Waals surface area contributed by atoms with Crippen molar-refractivity contribution >= 4 is 21.8 Å². The van der Waals surface area contributed by atoms with E-state index in [0.717, 1.165) is 25.1 Å². The molecule has 0 saturated heterocycles. The van der Waals surface area contributed by atoms with Crippen molar-refractivity contribution in [2.75, 3.05) is 18.6 Å². The lowest BCUT2D eigenvalue weighted by molar-refractivity contribution is 0.551. The zero-order chi connectivity index (χ0) is 15.0. The van der Waals surface area contributed by atoms with Gasteiger partial charge in [0.25, 0.3) is 10.0 Å². The van der Waals surface area contributed by atoms with Crippen LogP contribution in [0.25, 0.3) is 0 Å². The highest BCUT2D eigenvalue weighted by Gasteiger charge is 2.23. The van der Waals surface area contributed by atoms with E-state index in [1.165, 1.54) is 0 Å². The van der Waals surface area contributed by atoms with E-state index in [0.29, 0.717) is 12.1 Å². The van der Waals surface area contributed by atoms with Crippen LogP contribution < -0.4 is 10.0 Å². The fourth-order valence-electron chi connectivity index (χ4n) is 1.77. The molecule has 1 heterocycles. The molecule has 1 unspecified atom stereocenters. The van der Waals surface area contributed by atoms with Gasteiger partial charge in [-0.2, -0.15) is 16.9 Å². The van der Waals surface area contributed by atoms with Gasteiger partial charge in [0, 0.05) is 23.9 Å². The maximum atomic E-state index is 12.4. The van der Waals surface area contributed by atoms with E-state index in [2.05, 4.69) is 27.2 Å². The first-order chi connectivity index (χ1) is 9.55. The molecule has 3 N–H and O–H groups in total.